The van der Waals surface area contributed by atoms with Gasteiger partial charge >= 0.3 is 0 Å². The average Bonchev–Trinajstić information content (AvgIpc) is 3.55. The lowest BCUT2D eigenvalue weighted by Crippen LogP contribution is -2.57. The van der Waals surface area contributed by atoms with Crippen LogP contribution in [0.5, 0.6) is 0 Å². The van der Waals surface area contributed by atoms with Crippen molar-refractivity contribution in [2.75, 3.05) is 0 Å². The van der Waals surface area contributed by atoms with E-state index in [1.807, 2.05) is 27.7 Å². The Balaban J connectivity index is 0.978. The molecule has 59 heavy (non-hydrogen) atoms. The van der Waals surface area contributed by atoms with E-state index >= 15 is 0 Å². The third-order valence-electron chi connectivity index (χ3n) is 16.3. The summed E-state index contributed by atoms with van der Waals surface area (Å²) in [4.78, 5) is 15.3. The monoisotopic (exact) mass is 790 g/mol. The molecule has 7 heteroatoms. The molecule has 2 aromatic rings. The lowest BCUT2D eigenvalue weighted by atomic mass is 9.49. The van der Waals surface area contributed by atoms with E-state index < -0.39 is 11.2 Å². The molecular formula is C52H64BN3O3. The number of hydrogen-bond donors (Lipinski definition) is 1. The summed E-state index contributed by atoms with van der Waals surface area (Å²) in [5.74, 6) is 5.04. The Bertz CT molecular complexity index is 2170. The van der Waals surface area contributed by atoms with E-state index in [1.165, 1.54) is 62.5 Å². The van der Waals surface area contributed by atoms with Gasteiger partial charge in [-0.3, -0.25) is 0 Å². The molecule has 1 N–H and O–H groups in total. The fraction of sp³-hybridized carbons (Fsp3) is 0.558. The number of fused-ring (bicyclic) bond motifs is 8. The van der Waals surface area contributed by atoms with Gasteiger partial charge < -0.3 is 14.5 Å². The minimum absolute atomic E-state index is 0.0331. The van der Waals surface area contributed by atoms with E-state index in [4.69, 9.17) is 24.3 Å². The molecule has 6 nitrogen and oxygen atoms in total. The van der Waals surface area contributed by atoms with E-state index in [0.717, 1.165) is 68.0 Å². The van der Waals surface area contributed by atoms with Crippen LogP contribution in [0.1, 0.15) is 136 Å². The van der Waals surface area contributed by atoms with Crippen molar-refractivity contribution >= 4 is 18.6 Å². The average molecular weight is 790 g/mol. The van der Waals surface area contributed by atoms with E-state index in [1.54, 1.807) is 22.3 Å². The molecule has 8 unspecified atom stereocenters. The number of aliphatic hydroxyl groups is 1. The van der Waals surface area contributed by atoms with Crippen molar-refractivity contribution in [1.29, 1.82) is 0 Å². The van der Waals surface area contributed by atoms with Gasteiger partial charge in [0.05, 0.1) is 23.4 Å². The number of nitrogens with zero attached hydrogens (tertiary/aromatic N) is 3. The predicted molar refractivity (Wildman–Crippen MR) is 239 cm³/mol. The second-order valence-electron chi connectivity index (χ2n) is 20.2. The molecule has 308 valence electrons. The van der Waals surface area contributed by atoms with Gasteiger partial charge in [0, 0.05) is 11.0 Å². The number of aromatic nitrogens is 3. The first-order chi connectivity index (χ1) is 28.6. The van der Waals surface area contributed by atoms with Crippen molar-refractivity contribution < 1.29 is 14.5 Å². The van der Waals surface area contributed by atoms with E-state index in [9.17, 15) is 5.11 Å². The van der Waals surface area contributed by atoms with Crippen LogP contribution in [0.3, 0.4) is 0 Å². The van der Waals surface area contributed by atoms with Gasteiger partial charge in [-0.25, -0.2) is 15.0 Å². The maximum atomic E-state index is 10.9. The van der Waals surface area contributed by atoms with E-state index in [2.05, 4.69) is 78.9 Å². The lowest BCUT2D eigenvalue weighted by Gasteiger charge is -2.59. The summed E-state index contributed by atoms with van der Waals surface area (Å²) < 4.78 is 13.8. The Morgan fingerprint density at radius 1 is 0.831 bits per heavy atom. The molecule has 2 saturated carbocycles. The second kappa shape index (κ2) is 15.7. The molecule has 8 aliphatic rings. The van der Waals surface area contributed by atoms with Crippen LogP contribution >= 0.6 is 0 Å². The summed E-state index contributed by atoms with van der Waals surface area (Å²) in [6, 6.07) is 10.4. The zero-order chi connectivity index (χ0) is 40.4. The van der Waals surface area contributed by atoms with Crippen molar-refractivity contribution in [3.8, 4) is 11.4 Å². The van der Waals surface area contributed by atoms with Crippen molar-refractivity contribution in [1.82, 2.24) is 15.0 Å². The van der Waals surface area contributed by atoms with Gasteiger partial charge in [0.1, 0.15) is 0 Å². The van der Waals surface area contributed by atoms with Crippen LogP contribution in [-0.2, 0) is 9.39 Å². The van der Waals surface area contributed by atoms with Gasteiger partial charge in [0.2, 0.25) is 0 Å². The molecule has 1 saturated heterocycles. The number of ether oxygens (including phenoxy) is 1. The van der Waals surface area contributed by atoms with Crippen LogP contribution in [0.25, 0.3) is 22.5 Å². The highest BCUT2D eigenvalue weighted by molar-refractivity contribution is 6.31. The fourth-order valence-electron chi connectivity index (χ4n) is 12.6. The summed E-state index contributed by atoms with van der Waals surface area (Å²) >= 11 is 0. The fourth-order valence-corrected chi connectivity index (χ4v) is 12.6. The standard InChI is InChI=1S/C52H64BN3O3/c1-50(2,57)51(3,4)59-53-38-28-29-40-39-19-11-12-20-41(39)52(43(40)32-38)42-21-13-14-22-45(42)58-46-30-27-37(31-44(46)52)33-23-25-36(26-24-33)49-55-47(34-15-7-5-8-16-34)54-48(56-49)35-17-9-6-10-18-35/h5,7-8,13-17,21,23,25,28-29,37-39,41,44-46,53,57H,6,9-12,18-20,22,24,26-27,30-32H2,1-4H3. The molecule has 0 bridgehead atoms. The molecule has 0 amide bonds. The smallest absolute Gasteiger partial charge is 0.283 e. The van der Waals surface area contributed by atoms with Crippen LogP contribution in [0.2, 0.25) is 5.82 Å². The van der Waals surface area contributed by atoms with Crippen molar-refractivity contribution in [2.45, 2.75) is 153 Å². The van der Waals surface area contributed by atoms with Gasteiger partial charge in [-0.1, -0.05) is 103 Å². The SMILES string of the molecule is CC(C)(O)C(C)(C)OBC1C=CC2=C(C1)C1(C3=CC=CCC3OC3CCC(C4=CC=C(c5nc(C6=CCCCC6)nc(-c6ccccc6)n5)CC4)CC31)C1CCCCC21. The van der Waals surface area contributed by atoms with Gasteiger partial charge in [-0.05, 0) is 163 Å². The third kappa shape index (κ3) is 7.05. The summed E-state index contributed by atoms with van der Waals surface area (Å²) in [5, 5.41) is 10.9. The molecule has 2 heterocycles. The highest BCUT2D eigenvalue weighted by atomic mass is 16.5. The van der Waals surface area contributed by atoms with Crippen molar-refractivity contribution in [3.05, 3.63) is 113 Å². The summed E-state index contributed by atoms with van der Waals surface area (Å²) in [7, 11) is 0.625. The largest absolute Gasteiger partial charge is 0.431 e. The minimum Gasteiger partial charge on any atom is -0.431 e. The van der Waals surface area contributed by atoms with Crippen LogP contribution < -0.4 is 0 Å². The van der Waals surface area contributed by atoms with Crippen LogP contribution in [-0.4, -0.2) is 51.0 Å². The first-order valence-corrected chi connectivity index (χ1v) is 23.3. The van der Waals surface area contributed by atoms with Gasteiger partial charge in [0.15, 0.2) is 17.5 Å². The summed E-state index contributed by atoms with van der Waals surface area (Å²) in [6.45, 7) is 7.79. The quantitative estimate of drug-likeness (QED) is 0.268. The minimum atomic E-state index is -0.924. The van der Waals surface area contributed by atoms with Crippen LogP contribution in [0.4, 0.5) is 0 Å². The normalized spacial score (nSPS) is 32.9. The highest BCUT2D eigenvalue weighted by Crippen LogP contribution is 2.71. The number of hydrogen-bond acceptors (Lipinski definition) is 6. The highest BCUT2D eigenvalue weighted by Gasteiger charge is 2.65. The Labute approximate surface area is 353 Å². The topological polar surface area (TPSA) is 77.4 Å². The lowest BCUT2D eigenvalue weighted by molar-refractivity contribution is -0.136. The molecular weight excluding hydrogens is 725 g/mol. The number of benzene rings is 1. The Morgan fingerprint density at radius 2 is 1.64 bits per heavy atom. The first-order valence-electron chi connectivity index (χ1n) is 23.3. The van der Waals surface area contributed by atoms with Crippen LogP contribution in [0.15, 0.2) is 101 Å². The zero-order valence-electron chi connectivity index (χ0n) is 36.0. The molecule has 3 fully saturated rings. The van der Waals surface area contributed by atoms with Gasteiger partial charge in [-0.2, -0.15) is 0 Å². The number of rotatable bonds is 8. The molecule has 7 aliphatic carbocycles. The molecule has 1 aromatic heterocycles. The molecule has 1 spiro atoms. The number of allylic oxidation sites excluding steroid dienone is 12. The Kier molecular flexibility index (Phi) is 10.5. The predicted octanol–water partition coefficient (Wildman–Crippen LogP) is 11.4. The van der Waals surface area contributed by atoms with Crippen LogP contribution in [0, 0.1) is 29.1 Å². The maximum Gasteiger partial charge on any atom is 0.283 e. The maximum absolute atomic E-state index is 10.9. The van der Waals surface area contributed by atoms with Gasteiger partial charge in [0.25, 0.3) is 7.48 Å². The molecule has 8 atom stereocenters. The molecule has 10 rings (SSSR count). The van der Waals surface area contributed by atoms with E-state index in [0.29, 0.717) is 37.0 Å². The van der Waals surface area contributed by atoms with E-state index in [-0.39, 0.29) is 17.6 Å². The second-order valence-corrected chi connectivity index (χ2v) is 20.2. The first kappa shape index (κ1) is 39.5. The molecule has 1 aliphatic heterocycles. The van der Waals surface area contributed by atoms with Crippen molar-refractivity contribution in [3.63, 3.8) is 0 Å². The van der Waals surface area contributed by atoms with Crippen molar-refractivity contribution in [2.24, 2.45) is 29.1 Å². The van der Waals surface area contributed by atoms with Gasteiger partial charge in [-0.15, -0.1) is 0 Å². The molecule has 0 radical (unpaired) electrons. The summed E-state index contributed by atoms with van der Waals surface area (Å²) in [6.07, 6.45) is 37.2. The zero-order valence-corrected chi connectivity index (χ0v) is 36.0. The molecule has 1 aromatic carbocycles. The summed E-state index contributed by atoms with van der Waals surface area (Å²) in [5.41, 5.74) is 8.59. The third-order valence-corrected chi connectivity index (χ3v) is 16.3. The Hall–Kier alpha value is -3.65. The Morgan fingerprint density at radius 3 is 2.42 bits per heavy atom.